The van der Waals surface area contributed by atoms with Gasteiger partial charge in [0, 0.05) is 12.6 Å². The van der Waals surface area contributed by atoms with E-state index in [4.69, 9.17) is 0 Å². The fourth-order valence-electron chi connectivity index (χ4n) is 1.39. The summed E-state index contributed by atoms with van der Waals surface area (Å²) in [4.78, 5) is 33.2. The van der Waals surface area contributed by atoms with E-state index in [9.17, 15) is 14.4 Å². The van der Waals surface area contributed by atoms with E-state index in [-0.39, 0.29) is 17.5 Å². The van der Waals surface area contributed by atoms with Crippen LogP contribution in [-0.4, -0.2) is 23.5 Å². The minimum Gasteiger partial charge on any atom is -0.326 e. The van der Waals surface area contributed by atoms with Crippen LogP contribution in [0.4, 0.5) is 11.4 Å². The molecule has 1 amide bonds. The van der Waals surface area contributed by atoms with Crippen LogP contribution in [0, 0.1) is 0 Å². The van der Waals surface area contributed by atoms with Gasteiger partial charge < -0.3 is 5.32 Å². The first-order valence-corrected chi connectivity index (χ1v) is 5.69. The summed E-state index contributed by atoms with van der Waals surface area (Å²) in [5.74, 6) is -0.847. The number of hydrogen-bond acceptors (Lipinski definition) is 5. The molecule has 0 aliphatic rings. The van der Waals surface area contributed by atoms with Gasteiger partial charge in [-0.15, -0.1) is 0 Å². The summed E-state index contributed by atoms with van der Waals surface area (Å²) in [6, 6.07) is 5.53. The third kappa shape index (κ3) is 4.79. The van der Waals surface area contributed by atoms with Crippen molar-refractivity contribution in [1.82, 2.24) is 0 Å². The minimum absolute atomic E-state index is 0.164. The van der Waals surface area contributed by atoms with Gasteiger partial charge >= 0.3 is 0 Å². The van der Waals surface area contributed by atoms with E-state index in [1.165, 1.54) is 20.8 Å². The monoisotopic (exact) mass is 261 g/mol. The number of nitrogens with zero attached hydrogens (tertiary/aromatic N) is 2. The molecule has 0 atom stereocenters. The molecule has 1 rings (SSSR count). The number of azo groups is 1. The molecule has 0 bridgehead atoms. The molecule has 0 aliphatic carbocycles. The smallest absolute Gasteiger partial charge is 0.221 e. The third-order valence-corrected chi connectivity index (χ3v) is 2.25. The van der Waals surface area contributed by atoms with Crippen LogP contribution in [0.2, 0.25) is 0 Å². The number of carbonyl (C=O) groups is 3. The lowest BCUT2D eigenvalue weighted by Crippen LogP contribution is -2.23. The Kier molecular flexibility index (Phi) is 5.05. The van der Waals surface area contributed by atoms with Crippen molar-refractivity contribution < 1.29 is 14.4 Å². The summed E-state index contributed by atoms with van der Waals surface area (Å²) < 4.78 is 0. The molecule has 1 aromatic carbocycles. The van der Waals surface area contributed by atoms with Crippen LogP contribution in [0.25, 0.3) is 0 Å². The van der Waals surface area contributed by atoms with Gasteiger partial charge in [-0.25, -0.2) is 0 Å². The van der Waals surface area contributed by atoms with Crippen molar-refractivity contribution in [2.45, 2.75) is 26.8 Å². The number of rotatable bonds is 5. The molecule has 6 nitrogen and oxygen atoms in total. The zero-order valence-electron chi connectivity index (χ0n) is 11.0. The maximum atomic E-state index is 11.2. The van der Waals surface area contributed by atoms with Crippen molar-refractivity contribution in [2.24, 2.45) is 10.2 Å². The number of nitrogens with one attached hydrogen (secondary N) is 1. The Bertz CT molecular complexity index is 506. The second-order valence-corrected chi connectivity index (χ2v) is 4.07. The molecule has 0 radical (unpaired) electrons. The summed E-state index contributed by atoms with van der Waals surface area (Å²) in [7, 11) is 0. The van der Waals surface area contributed by atoms with E-state index < -0.39 is 6.04 Å². The fourth-order valence-corrected chi connectivity index (χ4v) is 1.39. The van der Waals surface area contributed by atoms with Gasteiger partial charge in [0.25, 0.3) is 0 Å². The molecule has 0 saturated heterocycles. The second-order valence-electron chi connectivity index (χ2n) is 4.07. The zero-order valence-corrected chi connectivity index (χ0v) is 11.0. The summed E-state index contributed by atoms with van der Waals surface area (Å²) in [6.45, 7) is 4.01. The predicted molar refractivity (Wildman–Crippen MR) is 70.4 cm³/mol. The van der Waals surface area contributed by atoms with Gasteiger partial charge in [-0.1, -0.05) is 0 Å². The van der Waals surface area contributed by atoms with Gasteiger partial charge in [-0.3, -0.25) is 14.4 Å². The van der Waals surface area contributed by atoms with Crippen LogP contribution >= 0.6 is 0 Å². The van der Waals surface area contributed by atoms with Gasteiger partial charge in [0.1, 0.15) is 0 Å². The predicted octanol–water partition coefficient (Wildman–Crippen LogP) is 2.28. The fraction of sp³-hybridized carbons (Fsp3) is 0.308. The Morgan fingerprint density at radius 2 is 1.53 bits per heavy atom. The summed E-state index contributed by atoms with van der Waals surface area (Å²) in [5, 5.41) is 10.2. The number of carbonyl (C=O) groups excluding carboxylic acids is 3. The average Bonchev–Trinajstić information content (AvgIpc) is 2.29. The van der Waals surface area contributed by atoms with Crippen molar-refractivity contribution in [2.75, 3.05) is 5.32 Å². The highest BCUT2D eigenvalue weighted by Gasteiger charge is 2.18. The lowest BCUT2D eigenvalue weighted by atomic mass is 10.1. The molecule has 0 aliphatic heterocycles. The van der Waals surface area contributed by atoms with Crippen molar-refractivity contribution in [3.05, 3.63) is 24.3 Å². The maximum Gasteiger partial charge on any atom is 0.221 e. The third-order valence-electron chi connectivity index (χ3n) is 2.25. The molecule has 0 heterocycles. The van der Waals surface area contributed by atoms with E-state index in [1.807, 2.05) is 0 Å². The van der Waals surface area contributed by atoms with Gasteiger partial charge in [-0.2, -0.15) is 10.2 Å². The highest BCUT2D eigenvalue weighted by atomic mass is 16.2. The van der Waals surface area contributed by atoms with E-state index in [0.29, 0.717) is 11.4 Å². The standard InChI is InChI=1S/C13H15N3O3/c1-8(17)13(9(2)18)16-15-12-6-4-11(5-7-12)14-10(3)19/h4-7,13H,1-3H3,(H,14,19). The van der Waals surface area contributed by atoms with Crippen molar-refractivity contribution in [3.8, 4) is 0 Å². The first-order chi connectivity index (χ1) is 8.90. The van der Waals surface area contributed by atoms with Crippen molar-refractivity contribution in [3.63, 3.8) is 0 Å². The summed E-state index contributed by atoms with van der Waals surface area (Å²) >= 11 is 0. The number of benzene rings is 1. The molecule has 0 spiro atoms. The van der Waals surface area contributed by atoms with Crippen LogP contribution in [0.5, 0.6) is 0 Å². The molecule has 100 valence electrons. The molecule has 0 fully saturated rings. The van der Waals surface area contributed by atoms with E-state index in [0.717, 1.165) is 0 Å². The Balaban J connectivity index is 2.79. The summed E-state index contributed by atoms with van der Waals surface area (Å²) in [5.41, 5.74) is 1.14. The SMILES string of the molecule is CC(=O)Nc1ccc(N=NC(C(C)=O)C(C)=O)cc1. The molecular weight excluding hydrogens is 246 g/mol. The lowest BCUT2D eigenvalue weighted by Gasteiger charge is -2.03. The second kappa shape index (κ2) is 6.53. The number of hydrogen-bond donors (Lipinski definition) is 1. The molecule has 1 aromatic rings. The Labute approximate surface area is 110 Å². The highest BCUT2D eigenvalue weighted by Crippen LogP contribution is 2.17. The lowest BCUT2D eigenvalue weighted by molar-refractivity contribution is -0.126. The quantitative estimate of drug-likeness (QED) is 0.651. The molecule has 1 N–H and O–H groups in total. The van der Waals surface area contributed by atoms with Crippen molar-refractivity contribution >= 4 is 28.8 Å². The topological polar surface area (TPSA) is 88.0 Å². The van der Waals surface area contributed by atoms with Crippen molar-refractivity contribution in [1.29, 1.82) is 0 Å². The van der Waals surface area contributed by atoms with Crippen LogP contribution in [-0.2, 0) is 14.4 Å². The number of Topliss-reactive ketones (excluding diaryl/α,β-unsaturated/α-hetero) is 2. The van der Waals surface area contributed by atoms with Gasteiger partial charge in [-0.05, 0) is 38.1 Å². The Morgan fingerprint density at radius 1 is 1.00 bits per heavy atom. The van der Waals surface area contributed by atoms with Gasteiger partial charge in [0.05, 0.1) is 5.69 Å². The average molecular weight is 261 g/mol. The van der Waals surface area contributed by atoms with E-state index in [1.54, 1.807) is 24.3 Å². The van der Waals surface area contributed by atoms with Crippen LogP contribution in [0.3, 0.4) is 0 Å². The molecule has 0 aromatic heterocycles. The summed E-state index contributed by atoms with van der Waals surface area (Å²) in [6.07, 6.45) is 0. The number of anilines is 1. The normalized spacial score (nSPS) is 10.7. The molecule has 6 heteroatoms. The van der Waals surface area contributed by atoms with E-state index >= 15 is 0 Å². The van der Waals surface area contributed by atoms with Crippen LogP contribution < -0.4 is 5.32 Å². The molecular formula is C13H15N3O3. The van der Waals surface area contributed by atoms with Crippen LogP contribution in [0.1, 0.15) is 20.8 Å². The maximum absolute atomic E-state index is 11.2. The largest absolute Gasteiger partial charge is 0.326 e. The number of ketones is 2. The van der Waals surface area contributed by atoms with Crippen LogP contribution in [0.15, 0.2) is 34.5 Å². The zero-order chi connectivity index (χ0) is 14.4. The Morgan fingerprint density at radius 3 is 1.95 bits per heavy atom. The van der Waals surface area contributed by atoms with E-state index in [2.05, 4.69) is 15.5 Å². The Hall–Kier alpha value is -2.37. The molecule has 0 saturated carbocycles. The highest BCUT2D eigenvalue weighted by molar-refractivity contribution is 6.04. The first kappa shape index (κ1) is 14.7. The van der Waals surface area contributed by atoms with Gasteiger partial charge in [0.15, 0.2) is 17.6 Å². The first-order valence-electron chi connectivity index (χ1n) is 5.69. The molecule has 19 heavy (non-hydrogen) atoms. The molecule has 0 unspecified atom stereocenters. The van der Waals surface area contributed by atoms with Gasteiger partial charge in [0.2, 0.25) is 5.91 Å². The minimum atomic E-state index is -1.05. The number of amides is 1.